The number of hydrogen-bond acceptors (Lipinski definition) is 1. The molecule has 0 aromatic heterocycles. The monoisotopic (exact) mass is 223 g/mol. The van der Waals surface area contributed by atoms with E-state index in [0.29, 0.717) is 11.4 Å². The van der Waals surface area contributed by atoms with Crippen molar-refractivity contribution in [2.75, 3.05) is 6.54 Å². The molecule has 1 aromatic rings. The van der Waals surface area contributed by atoms with E-state index in [1.165, 1.54) is 18.4 Å². The third-order valence-electron chi connectivity index (χ3n) is 3.00. The van der Waals surface area contributed by atoms with Crippen LogP contribution in [0.25, 0.3) is 0 Å². The van der Waals surface area contributed by atoms with Crippen LogP contribution >= 0.6 is 11.6 Å². The smallest absolute Gasteiger partial charge is 0.0365 e. The Hall–Kier alpha value is -0.530. The fraction of sp³-hybridized carbons (Fsp3) is 0.538. The highest BCUT2D eigenvalue weighted by Gasteiger charge is 2.25. The van der Waals surface area contributed by atoms with Gasteiger partial charge < -0.3 is 5.32 Å². The number of alkyl halides is 1. The lowest BCUT2D eigenvalue weighted by Crippen LogP contribution is -2.42. The first-order valence-corrected chi connectivity index (χ1v) is 6.19. The number of benzene rings is 1. The van der Waals surface area contributed by atoms with Crippen LogP contribution in [0.5, 0.6) is 0 Å². The SMILES string of the molecule is ClC1CC(NCCCc2ccccc2)C1. The number of halogens is 1. The maximum Gasteiger partial charge on any atom is 0.0365 e. The van der Waals surface area contributed by atoms with Crippen LogP contribution in [0, 0.1) is 0 Å². The average Bonchev–Trinajstić information content (AvgIpc) is 2.23. The van der Waals surface area contributed by atoms with E-state index in [4.69, 9.17) is 11.6 Å². The summed E-state index contributed by atoms with van der Waals surface area (Å²) in [5.41, 5.74) is 1.43. The van der Waals surface area contributed by atoms with Crippen molar-refractivity contribution in [3.8, 4) is 0 Å². The number of aryl methyl sites for hydroxylation is 1. The minimum atomic E-state index is 0.427. The third kappa shape index (κ3) is 3.51. The van der Waals surface area contributed by atoms with Gasteiger partial charge in [-0.1, -0.05) is 30.3 Å². The molecule has 1 N–H and O–H groups in total. The number of nitrogens with one attached hydrogen (secondary N) is 1. The van der Waals surface area contributed by atoms with Crippen molar-refractivity contribution in [3.05, 3.63) is 35.9 Å². The average molecular weight is 224 g/mol. The van der Waals surface area contributed by atoms with Gasteiger partial charge in [0.2, 0.25) is 0 Å². The van der Waals surface area contributed by atoms with Crippen molar-refractivity contribution in [1.82, 2.24) is 5.32 Å². The maximum absolute atomic E-state index is 5.91. The van der Waals surface area contributed by atoms with Gasteiger partial charge in [-0.2, -0.15) is 0 Å². The van der Waals surface area contributed by atoms with Gasteiger partial charge in [-0.15, -0.1) is 11.6 Å². The van der Waals surface area contributed by atoms with E-state index in [1.54, 1.807) is 0 Å². The van der Waals surface area contributed by atoms with Gasteiger partial charge in [-0.25, -0.2) is 0 Å². The van der Waals surface area contributed by atoms with E-state index >= 15 is 0 Å². The molecular formula is C13H18ClN. The lowest BCUT2D eigenvalue weighted by molar-refractivity contribution is 0.346. The second kappa shape index (κ2) is 5.53. The first-order chi connectivity index (χ1) is 7.34. The normalized spacial score (nSPS) is 24.9. The largest absolute Gasteiger partial charge is 0.314 e. The van der Waals surface area contributed by atoms with Crippen LogP contribution in [-0.4, -0.2) is 18.0 Å². The van der Waals surface area contributed by atoms with Crippen molar-refractivity contribution in [3.63, 3.8) is 0 Å². The highest BCUT2D eigenvalue weighted by atomic mass is 35.5. The molecule has 0 bridgehead atoms. The quantitative estimate of drug-likeness (QED) is 0.598. The maximum atomic E-state index is 5.91. The number of hydrogen-bond donors (Lipinski definition) is 1. The van der Waals surface area contributed by atoms with Crippen LogP contribution in [0.2, 0.25) is 0 Å². The van der Waals surface area contributed by atoms with Gasteiger partial charge in [-0.3, -0.25) is 0 Å². The zero-order valence-electron chi connectivity index (χ0n) is 8.95. The predicted octanol–water partition coefficient (Wildman–Crippen LogP) is 2.98. The Balaban J connectivity index is 1.56. The Morgan fingerprint density at radius 3 is 2.60 bits per heavy atom. The predicted molar refractivity (Wildman–Crippen MR) is 65.4 cm³/mol. The van der Waals surface area contributed by atoms with Gasteiger partial charge in [-0.05, 0) is 37.8 Å². The second-order valence-electron chi connectivity index (χ2n) is 4.31. The van der Waals surface area contributed by atoms with Crippen molar-refractivity contribution in [2.45, 2.75) is 37.1 Å². The molecule has 1 saturated carbocycles. The van der Waals surface area contributed by atoms with E-state index in [1.807, 2.05) is 0 Å². The molecule has 1 aliphatic carbocycles. The molecule has 0 amide bonds. The summed E-state index contributed by atoms with van der Waals surface area (Å²) in [5, 5.41) is 3.96. The van der Waals surface area contributed by atoms with Gasteiger partial charge in [0.15, 0.2) is 0 Å². The Bertz CT molecular complexity index is 280. The van der Waals surface area contributed by atoms with Gasteiger partial charge >= 0.3 is 0 Å². The van der Waals surface area contributed by atoms with Gasteiger partial charge in [0.05, 0.1) is 0 Å². The molecular weight excluding hydrogens is 206 g/mol. The Morgan fingerprint density at radius 1 is 1.20 bits per heavy atom. The molecule has 0 heterocycles. The molecule has 0 aliphatic heterocycles. The van der Waals surface area contributed by atoms with Gasteiger partial charge in [0.25, 0.3) is 0 Å². The van der Waals surface area contributed by atoms with Crippen LogP contribution in [0.1, 0.15) is 24.8 Å². The molecule has 1 fully saturated rings. The summed E-state index contributed by atoms with van der Waals surface area (Å²) < 4.78 is 0. The molecule has 1 aromatic carbocycles. The summed E-state index contributed by atoms with van der Waals surface area (Å²) in [6, 6.07) is 11.3. The molecule has 82 valence electrons. The first-order valence-electron chi connectivity index (χ1n) is 5.76. The van der Waals surface area contributed by atoms with Crippen molar-refractivity contribution < 1.29 is 0 Å². The summed E-state index contributed by atoms with van der Waals surface area (Å²) in [4.78, 5) is 0. The van der Waals surface area contributed by atoms with E-state index in [0.717, 1.165) is 19.4 Å². The van der Waals surface area contributed by atoms with Crippen LogP contribution in [-0.2, 0) is 6.42 Å². The Labute approximate surface area is 96.8 Å². The summed E-state index contributed by atoms with van der Waals surface area (Å²) in [6.45, 7) is 1.11. The molecule has 0 atom stereocenters. The van der Waals surface area contributed by atoms with E-state index < -0.39 is 0 Å². The highest BCUT2D eigenvalue weighted by molar-refractivity contribution is 6.21. The third-order valence-corrected chi connectivity index (χ3v) is 3.35. The zero-order valence-corrected chi connectivity index (χ0v) is 9.71. The topological polar surface area (TPSA) is 12.0 Å². The molecule has 1 nitrogen and oxygen atoms in total. The Kier molecular flexibility index (Phi) is 4.04. The fourth-order valence-corrected chi connectivity index (χ4v) is 2.39. The van der Waals surface area contributed by atoms with Crippen molar-refractivity contribution >= 4 is 11.6 Å². The van der Waals surface area contributed by atoms with Crippen molar-refractivity contribution in [2.24, 2.45) is 0 Å². The molecule has 1 aliphatic rings. The zero-order chi connectivity index (χ0) is 10.5. The lowest BCUT2D eigenvalue weighted by Gasteiger charge is -2.31. The molecule has 15 heavy (non-hydrogen) atoms. The second-order valence-corrected chi connectivity index (χ2v) is 4.93. The first kappa shape index (κ1) is 11.0. The fourth-order valence-electron chi connectivity index (χ4n) is 1.96. The molecule has 0 saturated heterocycles. The van der Waals surface area contributed by atoms with Crippen LogP contribution in [0.3, 0.4) is 0 Å². The molecule has 2 rings (SSSR count). The summed E-state index contributed by atoms with van der Waals surface area (Å²) >= 11 is 5.91. The Morgan fingerprint density at radius 2 is 1.93 bits per heavy atom. The van der Waals surface area contributed by atoms with E-state index in [2.05, 4.69) is 35.6 Å². The van der Waals surface area contributed by atoms with Gasteiger partial charge in [0, 0.05) is 11.4 Å². The standard InChI is InChI=1S/C13H18ClN/c14-12-9-13(10-12)15-8-4-7-11-5-2-1-3-6-11/h1-3,5-6,12-13,15H,4,7-10H2. The highest BCUT2D eigenvalue weighted by Crippen LogP contribution is 2.25. The van der Waals surface area contributed by atoms with E-state index in [9.17, 15) is 0 Å². The molecule has 0 radical (unpaired) electrons. The molecule has 2 heteroatoms. The van der Waals surface area contributed by atoms with Gasteiger partial charge in [0.1, 0.15) is 0 Å². The van der Waals surface area contributed by atoms with Crippen LogP contribution in [0.4, 0.5) is 0 Å². The summed E-state index contributed by atoms with van der Waals surface area (Å²) in [6.07, 6.45) is 4.68. The van der Waals surface area contributed by atoms with Crippen molar-refractivity contribution in [1.29, 1.82) is 0 Å². The van der Waals surface area contributed by atoms with E-state index in [-0.39, 0.29) is 0 Å². The molecule has 0 unspecified atom stereocenters. The lowest BCUT2D eigenvalue weighted by atomic mass is 9.92. The summed E-state index contributed by atoms with van der Waals surface area (Å²) in [7, 11) is 0. The summed E-state index contributed by atoms with van der Waals surface area (Å²) in [5.74, 6) is 0. The minimum absolute atomic E-state index is 0.427. The van der Waals surface area contributed by atoms with Crippen LogP contribution < -0.4 is 5.32 Å². The number of rotatable bonds is 5. The minimum Gasteiger partial charge on any atom is -0.314 e. The molecule has 0 spiro atoms. The van der Waals surface area contributed by atoms with Crippen LogP contribution in [0.15, 0.2) is 30.3 Å².